The van der Waals surface area contributed by atoms with Crippen molar-refractivity contribution in [3.8, 4) is 0 Å². The number of anilines is 1. The number of nitrogens with one attached hydrogen (secondary N) is 1. The predicted molar refractivity (Wildman–Crippen MR) is 61.0 cm³/mol. The minimum Gasteiger partial charge on any atom is -0.399 e. The summed E-state index contributed by atoms with van der Waals surface area (Å²) in [6.45, 7) is 2.38. The van der Waals surface area contributed by atoms with Crippen LogP contribution in [0.2, 0.25) is 0 Å². The summed E-state index contributed by atoms with van der Waals surface area (Å²) in [5, 5.41) is 2.76. The maximum absolute atomic E-state index is 11.4. The largest absolute Gasteiger partial charge is 0.399 e. The van der Waals surface area contributed by atoms with Gasteiger partial charge < -0.3 is 16.8 Å². The van der Waals surface area contributed by atoms with Crippen molar-refractivity contribution in [3.05, 3.63) is 29.8 Å². The van der Waals surface area contributed by atoms with Crippen LogP contribution in [0.15, 0.2) is 24.3 Å². The highest BCUT2D eigenvalue weighted by atomic mass is 16.2. The Bertz CT molecular complexity index is 321. The molecule has 4 heteroatoms. The van der Waals surface area contributed by atoms with E-state index >= 15 is 0 Å². The van der Waals surface area contributed by atoms with Gasteiger partial charge in [-0.2, -0.15) is 0 Å². The van der Waals surface area contributed by atoms with Gasteiger partial charge in [-0.3, -0.25) is 4.79 Å². The molecule has 0 bridgehead atoms. The fourth-order valence-corrected chi connectivity index (χ4v) is 1.14. The molecule has 82 valence electrons. The second-order valence-electron chi connectivity index (χ2n) is 3.47. The van der Waals surface area contributed by atoms with Gasteiger partial charge in [0.25, 0.3) is 0 Å². The Morgan fingerprint density at radius 3 is 2.53 bits per heavy atom. The molecule has 15 heavy (non-hydrogen) atoms. The third kappa shape index (κ3) is 3.59. The van der Waals surface area contributed by atoms with Crippen molar-refractivity contribution in [1.82, 2.24) is 5.32 Å². The summed E-state index contributed by atoms with van der Waals surface area (Å²) in [6, 6.07) is 6.96. The smallest absolute Gasteiger partial charge is 0.237 e. The third-order valence-corrected chi connectivity index (χ3v) is 2.22. The van der Waals surface area contributed by atoms with Crippen molar-refractivity contribution in [2.45, 2.75) is 25.9 Å². The van der Waals surface area contributed by atoms with Crippen LogP contribution in [0.1, 0.15) is 18.9 Å². The molecule has 4 nitrogen and oxygen atoms in total. The molecule has 5 N–H and O–H groups in total. The van der Waals surface area contributed by atoms with E-state index in [-0.39, 0.29) is 5.91 Å². The standard InChI is InChI=1S/C11H17N3O/c1-2-10(13)11(15)14-7-8-3-5-9(12)6-4-8/h3-6,10H,2,7,12-13H2,1H3,(H,14,15)/t10-/m0/s1. The van der Waals surface area contributed by atoms with Gasteiger partial charge in [0, 0.05) is 12.2 Å². The van der Waals surface area contributed by atoms with E-state index in [1.54, 1.807) is 12.1 Å². The lowest BCUT2D eigenvalue weighted by Gasteiger charge is -2.09. The summed E-state index contributed by atoms with van der Waals surface area (Å²) in [5.41, 5.74) is 12.9. The average molecular weight is 207 g/mol. The van der Waals surface area contributed by atoms with E-state index in [0.717, 1.165) is 11.3 Å². The second kappa shape index (κ2) is 5.36. The van der Waals surface area contributed by atoms with Crippen LogP contribution < -0.4 is 16.8 Å². The molecular weight excluding hydrogens is 190 g/mol. The molecule has 0 heterocycles. The second-order valence-corrected chi connectivity index (χ2v) is 3.47. The van der Waals surface area contributed by atoms with Gasteiger partial charge >= 0.3 is 0 Å². The predicted octanol–water partition coefficient (Wildman–Crippen LogP) is 0.622. The normalized spacial score (nSPS) is 12.1. The monoisotopic (exact) mass is 207 g/mol. The van der Waals surface area contributed by atoms with E-state index in [2.05, 4.69) is 5.32 Å². The van der Waals surface area contributed by atoms with Gasteiger partial charge in [0.15, 0.2) is 0 Å². The summed E-state index contributed by atoms with van der Waals surface area (Å²) < 4.78 is 0. The first-order valence-corrected chi connectivity index (χ1v) is 5.01. The Balaban J connectivity index is 2.43. The Morgan fingerprint density at radius 2 is 2.00 bits per heavy atom. The summed E-state index contributed by atoms with van der Waals surface area (Å²) in [4.78, 5) is 11.4. The van der Waals surface area contributed by atoms with E-state index in [9.17, 15) is 4.79 Å². The number of hydrogen-bond acceptors (Lipinski definition) is 3. The molecule has 1 amide bonds. The van der Waals surface area contributed by atoms with E-state index in [1.165, 1.54) is 0 Å². The molecule has 1 rings (SSSR count). The lowest BCUT2D eigenvalue weighted by atomic mass is 10.2. The van der Waals surface area contributed by atoms with Crippen molar-refractivity contribution >= 4 is 11.6 Å². The first-order valence-electron chi connectivity index (χ1n) is 5.01. The van der Waals surface area contributed by atoms with E-state index in [0.29, 0.717) is 13.0 Å². The van der Waals surface area contributed by atoms with Crippen LogP contribution in [0.5, 0.6) is 0 Å². The molecule has 0 saturated carbocycles. The number of hydrogen-bond donors (Lipinski definition) is 3. The lowest BCUT2D eigenvalue weighted by Crippen LogP contribution is -2.39. The van der Waals surface area contributed by atoms with E-state index < -0.39 is 6.04 Å². The molecule has 0 spiro atoms. The molecule has 0 aliphatic carbocycles. The zero-order valence-corrected chi connectivity index (χ0v) is 8.86. The molecule has 0 aromatic heterocycles. The van der Waals surface area contributed by atoms with Gasteiger partial charge in [-0.25, -0.2) is 0 Å². The van der Waals surface area contributed by atoms with Gasteiger partial charge in [0.2, 0.25) is 5.91 Å². The third-order valence-electron chi connectivity index (χ3n) is 2.22. The Kier molecular flexibility index (Phi) is 4.12. The van der Waals surface area contributed by atoms with Crippen molar-refractivity contribution < 1.29 is 4.79 Å². The highest BCUT2D eigenvalue weighted by Crippen LogP contribution is 2.04. The number of rotatable bonds is 4. The maximum atomic E-state index is 11.4. The summed E-state index contributed by atoms with van der Waals surface area (Å²) in [7, 11) is 0. The Morgan fingerprint density at radius 1 is 1.40 bits per heavy atom. The van der Waals surface area contributed by atoms with Crippen LogP contribution >= 0.6 is 0 Å². The molecule has 1 atom stereocenters. The molecule has 0 aliphatic rings. The zero-order valence-electron chi connectivity index (χ0n) is 8.86. The van der Waals surface area contributed by atoms with Crippen LogP contribution in [-0.2, 0) is 11.3 Å². The molecule has 0 saturated heterocycles. The number of nitrogens with two attached hydrogens (primary N) is 2. The topological polar surface area (TPSA) is 81.1 Å². The van der Waals surface area contributed by atoms with Crippen LogP contribution in [0, 0.1) is 0 Å². The van der Waals surface area contributed by atoms with E-state index in [4.69, 9.17) is 11.5 Å². The van der Waals surface area contributed by atoms with Crippen molar-refractivity contribution in [1.29, 1.82) is 0 Å². The summed E-state index contributed by atoms with van der Waals surface area (Å²) >= 11 is 0. The van der Waals surface area contributed by atoms with Crippen molar-refractivity contribution in [2.24, 2.45) is 5.73 Å². The summed E-state index contributed by atoms with van der Waals surface area (Å²) in [6.07, 6.45) is 0.646. The average Bonchev–Trinajstić information content (AvgIpc) is 2.26. The Labute approximate surface area is 89.6 Å². The molecule has 0 aliphatic heterocycles. The van der Waals surface area contributed by atoms with Crippen molar-refractivity contribution in [2.75, 3.05) is 5.73 Å². The maximum Gasteiger partial charge on any atom is 0.237 e. The van der Waals surface area contributed by atoms with Crippen LogP contribution in [0.4, 0.5) is 5.69 Å². The van der Waals surface area contributed by atoms with Crippen LogP contribution in [0.25, 0.3) is 0 Å². The highest BCUT2D eigenvalue weighted by Gasteiger charge is 2.09. The number of carbonyl (C=O) groups excluding carboxylic acids is 1. The zero-order chi connectivity index (χ0) is 11.3. The molecule has 0 fully saturated rings. The van der Waals surface area contributed by atoms with Crippen LogP contribution in [-0.4, -0.2) is 11.9 Å². The molecule has 0 radical (unpaired) electrons. The van der Waals surface area contributed by atoms with Gasteiger partial charge in [-0.15, -0.1) is 0 Å². The minimum absolute atomic E-state index is 0.116. The Hall–Kier alpha value is -1.55. The highest BCUT2D eigenvalue weighted by molar-refractivity contribution is 5.81. The van der Waals surface area contributed by atoms with E-state index in [1.807, 2.05) is 19.1 Å². The fraction of sp³-hybridized carbons (Fsp3) is 0.364. The SMILES string of the molecule is CC[C@H](N)C(=O)NCc1ccc(N)cc1. The fourth-order valence-electron chi connectivity index (χ4n) is 1.14. The number of carbonyl (C=O) groups is 1. The quantitative estimate of drug-likeness (QED) is 0.633. The summed E-state index contributed by atoms with van der Waals surface area (Å²) in [5.74, 6) is -0.116. The van der Waals surface area contributed by atoms with Gasteiger partial charge in [-0.1, -0.05) is 19.1 Å². The molecular formula is C11H17N3O. The molecule has 0 unspecified atom stereocenters. The van der Waals surface area contributed by atoms with Gasteiger partial charge in [0.1, 0.15) is 0 Å². The van der Waals surface area contributed by atoms with Gasteiger partial charge in [0.05, 0.1) is 6.04 Å². The lowest BCUT2D eigenvalue weighted by molar-refractivity contribution is -0.122. The minimum atomic E-state index is -0.418. The first-order chi connectivity index (χ1) is 7.13. The molecule has 1 aromatic carbocycles. The molecule has 1 aromatic rings. The number of nitrogen functional groups attached to an aromatic ring is 1. The van der Waals surface area contributed by atoms with Crippen LogP contribution in [0.3, 0.4) is 0 Å². The number of benzene rings is 1. The first kappa shape index (κ1) is 11.5. The van der Waals surface area contributed by atoms with Crippen molar-refractivity contribution in [3.63, 3.8) is 0 Å². The number of amides is 1. The van der Waals surface area contributed by atoms with Gasteiger partial charge in [-0.05, 0) is 24.1 Å².